The zero-order valence-electron chi connectivity index (χ0n) is 17.9. The average Bonchev–Trinajstić information content (AvgIpc) is 2.58. The van der Waals surface area contributed by atoms with Crippen LogP contribution in [0.15, 0.2) is 24.3 Å². The molecule has 2 aliphatic heterocycles. The van der Waals surface area contributed by atoms with E-state index in [-0.39, 0.29) is 11.9 Å². The van der Waals surface area contributed by atoms with Gasteiger partial charge in [0.1, 0.15) is 0 Å². The molecule has 1 aromatic rings. The molecule has 2 amide bonds. The molecule has 0 radical (unpaired) electrons. The van der Waals surface area contributed by atoms with Gasteiger partial charge in [-0.1, -0.05) is 12.1 Å². The van der Waals surface area contributed by atoms with E-state index in [4.69, 9.17) is 5.73 Å². The third-order valence-electron chi connectivity index (χ3n) is 6.05. The lowest BCUT2D eigenvalue weighted by atomic mass is 9.77. The minimum Gasteiger partial charge on any atom is -0.368 e. The summed E-state index contributed by atoms with van der Waals surface area (Å²) in [5, 5.41) is 0. The molecule has 0 aliphatic carbocycles. The van der Waals surface area contributed by atoms with Gasteiger partial charge in [-0.15, -0.1) is 0 Å². The van der Waals surface area contributed by atoms with Crippen molar-refractivity contribution in [3.63, 3.8) is 0 Å². The molecule has 2 aliphatic rings. The van der Waals surface area contributed by atoms with Gasteiger partial charge < -0.3 is 20.4 Å². The Balaban J connectivity index is 1.68. The van der Waals surface area contributed by atoms with E-state index in [9.17, 15) is 9.59 Å². The zero-order chi connectivity index (χ0) is 20.7. The second kappa shape index (κ2) is 7.39. The fourth-order valence-electron chi connectivity index (χ4n) is 5.13. The van der Waals surface area contributed by atoms with E-state index in [1.165, 1.54) is 11.3 Å². The number of nitrogens with zero attached hydrogens (tertiary/aromatic N) is 3. The van der Waals surface area contributed by atoms with Crippen molar-refractivity contribution in [2.45, 2.75) is 64.6 Å². The number of piperazine rings is 1. The van der Waals surface area contributed by atoms with E-state index in [1.54, 1.807) is 9.80 Å². The summed E-state index contributed by atoms with van der Waals surface area (Å²) in [6.45, 7) is 12.7. The van der Waals surface area contributed by atoms with Crippen LogP contribution < -0.4 is 10.6 Å². The number of hydrogen-bond donors (Lipinski definition) is 1. The second-order valence-electron chi connectivity index (χ2n) is 9.55. The summed E-state index contributed by atoms with van der Waals surface area (Å²) in [6.07, 6.45) is 1.41. The fourth-order valence-corrected chi connectivity index (χ4v) is 5.13. The van der Waals surface area contributed by atoms with Gasteiger partial charge in [0, 0.05) is 49.0 Å². The van der Waals surface area contributed by atoms with Crippen LogP contribution in [-0.2, 0) is 9.59 Å². The third kappa shape index (κ3) is 4.02. The third-order valence-corrected chi connectivity index (χ3v) is 6.05. The Morgan fingerprint density at radius 3 is 2.07 bits per heavy atom. The van der Waals surface area contributed by atoms with Gasteiger partial charge in [0.15, 0.2) is 0 Å². The molecule has 2 heterocycles. The Bertz CT molecular complexity index is 733. The first kappa shape index (κ1) is 20.6. The Morgan fingerprint density at radius 2 is 1.54 bits per heavy atom. The van der Waals surface area contributed by atoms with Crippen molar-refractivity contribution in [2.75, 3.05) is 31.1 Å². The van der Waals surface area contributed by atoms with E-state index in [1.807, 2.05) is 27.7 Å². The molecule has 6 heteroatoms. The Hall–Kier alpha value is -2.08. The number of carbonyl (C=O) groups is 2. The number of rotatable bonds is 1. The highest BCUT2D eigenvalue weighted by atomic mass is 16.2. The van der Waals surface area contributed by atoms with Crippen LogP contribution >= 0.6 is 0 Å². The highest BCUT2D eigenvalue weighted by Gasteiger charge is 2.49. The smallest absolute Gasteiger partial charge is 0.312 e. The van der Waals surface area contributed by atoms with Gasteiger partial charge >= 0.3 is 11.8 Å². The number of benzene rings is 1. The molecule has 2 fully saturated rings. The maximum atomic E-state index is 13.2. The van der Waals surface area contributed by atoms with E-state index in [2.05, 4.69) is 36.1 Å². The van der Waals surface area contributed by atoms with Crippen LogP contribution in [0.2, 0.25) is 0 Å². The minimum absolute atomic E-state index is 0.0435. The van der Waals surface area contributed by atoms with Gasteiger partial charge in [-0.25, -0.2) is 0 Å². The number of aryl methyl sites for hydroxylation is 1. The monoisotopic (exact) mass is 386 g/mol. The van der Waals surface area contributed by atoms with Crippen LogP contribution in [-0.4, -0.2) is 64.9 Å². The lowest BCUT2D eigenvalue weighted by Gasteiger charge is -2.54. The molecule has 0 bridgehead atoms. The number of hydrogen-bond acceptors (Lipinski definition) is 4. The van der Waals surface area contributed by atoms with E-state index >= 15 is 0 Å². The number of amides is 2. The lowest BCUT2D eigenvalue weighted by molar-refractivity contribution is -0.163. The molecule has 0 aromatic heterocycles. The predicted octanol–water partition coefficient (Wildman–Crippen LogP) is 2.15. The van der Waals surface area contributed by atoms with Crippen molar-refractivity contribution < 1.29 is 9.59 Å². The Labute approximate surface area is 168 Å². The largest absolute Gasteiger partial charge is 0.368 e. The molecule has 0 spiro atoms. The van der Waals surface area contributed by atoms with Gasteiger partial charge in [-0.05, 0) is 65.2 Å². The molecule has 6 nitrogen and oxygen atoms in total. The van der Waals surface area contributed by atoms with Gasteiger partial charge in [-0.3, -0.25) is 9.59 Å². The molecule has 2 saturated heterocycles. The highest BCUT2D eigenvalue weighted by Crippen LogP contribution is 2.38. The molecule has 154 valence electrons. The highest BCUT2D eigenvalue weighted by molar-refractivity contribution is 6.35. The maximum Gasteiger partial charge on any atom is 0.312 e. The van der Waals surface area contributed by atoms with Gasteiger partial charge in [-0.2, -0.15) is 0 Å². The first-order chi connectivity index (χ1) is 13.0. The summed E-state index contributed by atoms with van der Waals surface area (Å²) in [5.74, 6) is -0.786. The minimum atomic E-state index is -0.433. The number of piperidine rings is 1. The number of carbonyl (C=O) groups excluding carboxylic acids is 2. The van der Waals surface area contributed by atoms with Gasteiger partial charge in [0.25, 0.3) is 0 Å². The zero-order valence-corrected chi connectivity index (χ0v) is 17.9. The quantitative estimate of drug-likeness (QED) is 0.751. The summed E-state index contributed by atoms with van der Waals surface area (Å²) < 4.78 is 0. The summed E-state index contributed by atoms with van der Waals surface area (Å²) in [5.41, 5.74) is 7.74. The van der Waals surface area contributed by atoms with Crippen LogP contribution in [0.25, 0.3) is 0 Å². The topological polar surface area (TPSA) is 69.9 Å². The SMILES string of the molecule is Cc1cccc(N2CCN(C(=O)C(=O)N3C(C)(C)CC(N)CC3(C)C)CC2)c1. The first-order valence-corrected chi connectivity index (χ1v) is 10.2. The molecule has 0 atom stereocenters. The van der Waals surface area contributed by atoms with Crippen molar-refractivity contribution in [1.29, 1.82) is 0 Å². The van der Waals surface area contributed by atoms with Crippen LogP contribution in [0.4, 0.5) is 5.69 Å². The van der Waals surface area contributed by atoms with Crippen LogP contribution in [0.3, 0.4) is 0 Å². The van der Waals surface area contributed by atoms with E-state index < -0.39 is 17.0 Å². The number of anilines is 1. The van der Waals surface area contributed by atoms with Gasteiger partial charge in [0.05, 0.1) is 0 Å². The Morgan fingerprint density at radius 1 is 0.964 bits per heavy atom. The summed E-state index contributed by atoms with van der Waals surface area (Å²) in [7, 11) is 0. The molecular weight excluding hydrogens is 352 g/mol. The molecule has 1 aromatic carbocycles. The normalized spacial score (nSPS) is 22.3. The molecule has 2 N–H and O–H groups in total. The molecular formula is C22H34N4O2. The number of nitrogens with two attached hydrogens (primary N) is 1. The summed E-state index contributed by atoms with van der Waals surface area (Å²) in [6, 6.07) is 8.43. The molecule has 0 unspecified atom stereocenters. The van der Waals surface area contributed by atoms with Crippen LogP contribution in [0, 0.1) is 6.92 Å². The number of likely N-dealkylation sites (tertiary alicyclic amines) is 1. The van der Waals surface area contributed by atoms with Gasteiger partial charge in [0.2, 0.25) is 0 Å². The van der Waals surface area contributed by atoms with E-state index in [0.29, 0.717) is 25.9 Å². The lowest BCUT2D eigenvalue weighted by Crippen LogP contribution is -2.67. The molecule has 0 saturated carbocycles. The average molecular weight is 387 g/mol. The predicted molar refractivity (Wildman–Crippen MR) is 112 cm³/mol. The fraction of sp³-hybridized carbons (Fsp3) is 0.636. The standard InChI is InChI=1S/C22H34N4O2/c1-16-7-6-8-18(13-16)24-9-11-25(12-10-24)19(27)20(28)26-21(2,3)14-17(23)15-22(26,4)5/h6-8,13,17H,9-12,14-15,23H2,1-5H3. The van der Waals surface area contributed by atoms with Crippen molar-refractivity contribution in [1.82, 2.24) is 9.80 Å². The molecule has 3 rings (SSSR count). The van der Waals surface area contributed by atoms with Crippen LogP contribution in [0.1, 0.15) is 46.1 Å². The first-order valence-electron chi connectivity index (χ1n) is 10.2. The van der Waals surface area contributed by atoms with Crippen molar-refractivity contribution in [3.8, 4) is 0 Å². The second-order valence-corrected chi connectivity index (χ2v) is 9.55. The Kier molecular flexibility index (Phi) is 5.45. The van der Waals surface area contributed by atoms with Crippen LogP contribution in [0.5, 0.6) is 0 Å². The summed E-state index contributed by atoms with van der Waals surface area (Å²) >= 11 is 0. The maximum absolute atomic E-state index is 13.2. The van der Waals surface area contributed by atoms with Crippen molar-refractivity contribution in [2.24, 2.45) is 5.73 Å². The van der Waals surface area contributed by atoms with Crippen molar-refractivity contribution >= 4 is 17.5 Å². The van der Waals surface area contributed by atoms with Crippen molar-refractivity contribution in [3.05, 3.63) is 29.8 Å². The summed E-state index contributed by atoms with van der Waals surface area (Å²) in [4.78, 5) is 32.0. The van der Waals surface area contributed by atoms with E-state index in [0.717, 1.165) is 13.1 Å². The molecule has 28 heavy (non-hydrogen) atoms.